The Labute approximate surface area is 110 Å². The topological polar surface area (TPSA) is 38.1 Å². The minimum Gasteiger partial charge on any atom is -0.444 e. The minimum atomic E-state index is 0.353. The molecule has 102 valence electrons. The van der Waals surface area contributed by atoms with Crippen LogP contribution in [0.5, 0.6) is 0 Å². The van der Waals surface area contributed by atoms with Crippen LogP contribution in [0.1, 0.15) is 70.4 Å². The Bertz CT molecular complexity index is 370. The van der Waals surface area contributed by atoms with Crippen molar-refractivity contribution in [3.05, 3.63) is 17.8 Å². The van der Waals surface area contributed by atoms with Crippen LogP contribution in [0.15, 0.2) is 10.6 Å². The lowest BCUT2D eigenvalue weighted by atomic mass is 9.68. The second-order valence-electron chi connectivity index (χ2n) is 6.12. The van der Waals surface area contributed by atoms with Crippen molar-refractivity contribution in [2.24, 2.45) is 5.41 Å². The predicted octanol–water partition coefficient (Wildman–Crippen LogP) is 3.86. The normalized spacial score (nSPS) is 23.2. The Kier molecular flexibility index (Phi) is 4.44. The molecule has 1 heterocycles. The van der Waals surface area contributed by atoms with Crippen molar-refractivity contribution in [2.45, 2.75) is 65.3 Å². The molecule has 0 aromatic carbocycles. The summed E-state index contributed by atoms with van der Waals surface area (Å²) >= 11 is 0. The van der Waals surface area contributed by atoms with E-state index in [1.54, 1.807) is 0 Å². The number of rotatable bonds is 5. The van der Waals surface area contributed by atoms with Gasteiger partial charge in [0.15, 0.2) is 0 Å². The molecule has 0 radical (unpaired) electrons. The quantitative estimate of drug-likeness (QED) is 0.806. The molecule has 0 bridgehead atoms. The summed E-state index contributed by atoms with van der Waals surface area (Å²) in [7, 11) is 0. The van der Waals surface area contributed by atoms with Crippen molar-refractivity contribution in [1.82, 2.24) is 10.3 Å². The molecule has 1 N–H and O–H groups in total. The number of oxazole rings is 1. The lowest BCUT2D eigenvalue weighted by molar-refractivity contribution is 0.176. The third-order valence-corrected chi connectivity index (χ3v) is 4.13. The third kappa shape index (κ3) is 3.14. The first-order valence-electron chi connectivity index (χ1n) is 7.29. The maximum atomic E-state index is 5.93. The molecule has 0 saturated heterocycles. The van der Waals surface area contributed by atoms with Gasteiger partial charge in [0.2, 0.25) is 5.89 Å². The lowest BCUT2D eigenvalue weighted by Gasteiger charge is -2.37. The van der Waals surface area contributed by atoms with E-state index in [-0.39, 0.29) is 0 Å². The number of hydrogen-bond acceptors (Lipinski definition) is 3. The highest BCUT2D eigenvalue weighted by molar-refractivity contribution is 5.08. The summed E-state index contributed by atoms with van der Waals surface area (Å²) in [6, 6.07) is 0. The van der Waals surface area contributed by atoms with Gasteiger partial charge in [0.25, 0.3) is 0 Å². The molecule has 1 aliphatic carbocycles. The summed E-state index contributed by atoms with van der Waals surface area (Å²) in [6.07, 6.45) is 8.29. The molecular weight excluding hydrogens is 224 g/mol. The van der Waals surface area contributed by atoms with E-state index in [9.17, 15) is 0 Å². The molecule has 1 fully saturated rings. The van der Waals surface area contributed by atoms with Crippen LogP contribution in [-0.2, 0) is 6.54 Å². The molecule has 1 aromatic rings. The minimum absolute atomic E-state index is 0.353. The van der Waals surface area contributed by atoms with Crippen LogP contribution in [0.25, 0.3) is 0 Å². The summed E-state index contributed by atoms with van der Waals surface area (Å²) in [5, 5.41) is 3.33. The van der Waals surface area contributed by atoms with E-state index in [0.717, 1.165) is 31.2 Å². The van der Waals surface area contributed by atoms with E-state index >= 15 is 0 Å². The molecule has 1 unspecified atom stereocenters. The Morgan fingerprint density at radius 3 is 3.00 bits per heavy atom. The molecule has 1 aliphatic rings. The van der Waals surface area contributed by atoms with Crippen molar-refractivity contribution in [3.8, 4) is 0 Å². The van der Waals surface area contributed by atoms with E-state index < -0.39 is 0 Å². The first-order chi connectivity index (χ1) is 8.63. The monoisotopic (exact) mass is 250 g/mol. The summed E-state index contributed by atoms with van der Waals surface area (Å²) in [6.45, 7) is 8.65. The van der Waals surface area contributed by atoms with Crippen molar-refractivity contribution in [2.75, 3.05) is 6.54 Å². The molecule has 3 heteroatoms. The Balaban J connectivity index is 2.00. The van der Waals surface area contributed by atoms with E-state index in [4.69, 9.17) is 4.42 Å². The Morgan fingerprint density at radius 2 is 2.28 bits per heavy atom. The van der Waals surface area contributed by atoms with Crippen LogP contribution in [0.2, 0.25) is 0 Å². The Hall–Kier alpha value is -0.830. The van der Waals surface area contributed by atoms with Crippen LogP contribution in [0, 0.1) is 5.41 Å². The van der Waals surface area contributed by atoms with E-state index in [2.05, 4.69) is 31.1 Å². The van der Waals surface area contributed by atoms with Crippen molar-refractivity contribution >= 4 is 0 Å². The molecule has 0 aliphatic heterocycles. The lowest BCUT2D eigenvalue weighted by Crippen LogP contribution is -2.25. The van der Waals surface area contributed by atoms with Gasteiger partial charge in [-0.1, -0.05) is 33.6 Å². The van der Waals surface area contributed by atoms with Gasteiger partial charge in [-0.25, -0.2) is 4.98 Å². The van der Waals surface area contributed by atoms with Crippen LogP contribution in [0.3, 0.4) is 0 Å². The van der Waals surface area contributed by atoms with Crippen molar-refractivity contribution in [1.29, 1.82) is 0 Å². The summed E-state index contributed by atoms with van der Waals surface area (Å²) in [4.78, 5) is 4.40. The van der Waals surface area contributed by atoms with Gasteiger partial charge in [-0.2, -0.15) is 0 Å². The van der Waals surface area contributed by atoms with Crippen LogP contribution in [0.4, 0.5) is 0 Å². The maximum Gasteiger partial charge on any atom is 0.208 e. The molecule has 3 nitrogen and oxygen atoms in total. The second-order valence-corrected chi connectivity index (χ2v) is 6.12. The fraction of sp³-hybridized carbons (Fsp3) is 0.800. The standard InChI is InChI=1S/C15H26N2O/c1-4-9-16-11-14-17-10-13(18-14)12-7-5-6-8-15(12,2)3/h10,12,16H,4-9,11H2,1-3H3. The van der Waals surface area contributed by atoms with E-state index in [1.165, 1.54) is 25.7 Å². The fourth-order valence-electron chi connectivity index (χ4n) is 2.96. The van der Waals surface area contributed by atoms with Gasteiger partial charge in [-0.15, -0.1) is 0 Å². The van der Waals surface area contributed by atoms with Gasteiger partial charge in [0.1, 0.15) is 5.76 Å². The second kappa shape index (κ2) is 5.87. The molecule has 2 rings (SSSR count). The fourth-order valence-corrected chi connectivity index (χ4v) is 2.96. The SMILES string of the molecule is CCCNCc1ncc(C2CCCCC2(C)C)o1. The van der Waals surface area contributed by atoms with Crippen molar-refractivity contribution in [3.63, 3.8) is 0 Å². The molecule has 1 atom stereocenters. The predicted molar refractivity (Wildman–Crippen MR) is 73.5 cm³/mol. The van der Waals surface area contributed by atoms with Gasteiger partial charge < -0.3 is 9.73 Å². The maximum absolute atomic E-state index is 5.93. The number of hydrogen-bond donors (Lipinski definition) is 1. The zero-order valence-electron chi connectivity index (χ0n) is 12.0. The zero-order chi connectivity index (χ0) is 13.0. The van der Waals surface area contributed by atoms with Crippen molar-refractivity contribution < 1.29 is 4.42 Å². The van der Waals surface area contributed by atoms with Crippen LogP contribution < -0.4 is 5.32 Å². The van der Waals surface area contributed by atoms with Gasteiger partial charge in [-0.3, -0.25) is 0 Å². The summed E-state index contributed by atoms with van der Waals surface area (Å²) in [5.74, 6) is 2.46. The zero-order valence-corrected chi connectivity index (χ0v) is 12.0. The largest absolute Gasteiger partial charge is 0.444 e. The van der Waals surface area contributed by atoms with E-state index in [0.29, 0.717) is 11.3 Å². The average Bonchev–Trinajstić information content (AvgIpc) is 2.77. The van der Waals surface area contributed by atoms with Gasteiger partial charge in [0.05, 0.1) is 12.7 Å². The molecular formula is C15H26N2O. The molecule has 0 amide bonds. The highest BCUT2D eigenvalue weighted by Crippen LogP contribution is 2.46. The van der Waals surface area contributed by atoms with Crippen LogP contribution >= 0.6 is 0 Å². The third-order valence-electron chi connectivity index (χ3n) is 4.13. The molecule has 0 spiro atoms. The number of nitrogens with one attached hydrogen (secondary N) is 1. The highest BCUT2D eigenvalue weighted by atomic mass is 16.4. The number of nitrogens with zero attached hydrogens (tertiary/aromatic N) is 1. The first kappa shape index (κ1) is 13.6. The summed E-state index contributed by atoms with van der Waals surface area (Å²) < 4.78 is 5.93. The van der Waals surface area contributed by atoms with Gasteiger partial charge in [0, 0.05) is 5.92 Å². The first-order valence-corrected chi connectivity index (χ1v) is 7.29. The van der Waals surface area contributed by atoms with E-state index in [1.807, 2.05) is 6.20 Å². The van der Waals surface area contributed by atoms with Gasteiger partial charge >= 0.3 is 0 Å². The summed E-state index contributed by atoms with van der Waals surface area (Å²) in [5.41, 5.74) is 0.353. The average molecular weight is 250 g/mol. The number of aromatic nitrogens is 1. The Morgan fingerprint density at radius 1 is 1.44 bits per heavy atom. The molecule has 1 saturated carbocycles. The molecule has 1 aromatic heterocycles. The highest BCUT2D eigenvalue weighted by Gasteiger charge is 2.35. The van der Waals surface area contributed by atoms with Gasteiger partial charge in [-0.05, 0) is 31.2 Å². The smallest absolute Gasteiger partial charge is 0.208 e. The molecule has 18 heavy (non-hydrogen) atoms. The van der Waals surface area contributed by atoms with Crippen LogP contribution in [-0.4, -0.2) is 11.5 Å².